The molecule has 1 aliphatic heterocycles. The number of amides is 1. The lowest BCUT2D eigenvalue weighted by molar-refractivity contribution is -0.133. The Morgan fingerprint density at radius 2 is 2.10 bits per heavy atom. The fourth-order valence-corrected chi connectivity index (χ4v) is 2.24. The molecule has 0 aliphatic carbocycles. The third kappa shape index (κ3) is 3.46. The summed E-state index contributed by atoms with van der Waals surface area (Å²) in [5.74, 6) is -0.106. The summed E-state index contributed by atoms with van der Waals surface area (Å²) in [6.45, 7) is 9.86. The highest BCUT2D eigenvalue weighted by atomic mass is 16.7. The third-order valence-electron chi connectivity index (χ3n) is 3.62. The van der Waals surface area contributed by atoms with Crippen LogP contribution in [0.2, 0.25) is 0 Å². The van der Waals surface area contributed by atoms with E-state index in [1.54, 1.807) is 4.90 Å². The van der Waals surface area contributed by atoms with Crippen LogP contribution in [0.4, 0.5) is 0 Å². The summed E-state index contributed by atoms with van der Waals surface area (Å²) in [7, 11) is 0. The van der Waals surface area contributed by atoms with Crippen LogP contribution < -0.4 is 0 Å². The fourth-order valence-electron chi connectivity index (χ4n) is 2.24. The Labute approximate surface area is 120 Å². The van der Waals surface area contributed by atoms with E-state index < -0.39 is 0 Å². The number of benzene rings is 1. The minimum absolute atomic E-state index is 0.106. The Bertz CT molecular complexity index is 492. The van der Waals surface area contributed by atoms with Crippen LogP contribution in [0, 0.1) is 13.8 Å². The van der Waals surface area contributed by atoms with Crippen LogP contribution in [-0.2, 0) is 20.8 Å². The summed E-state index contributed by atoms with van der Waals surface area (Å²) >= 11 is 0. The SMILES string of the molecule is C=CC(=O)N(Cc1cccc(C)c1C)CC1OCCO1. The lowest BCUT2D eigenvalue weighted by Crippen LogP contribution is -2.36. The van der Waals surface area contributed by atoms with Crippen molar-refractivity contribution in [3.8, 4) is 0 Å². The van der Waals surface area contributed by atoms with E-state index in [9.17, 15) is 4.79 Å². The molecule has 1 saturated heterocycles. The van der Waals surface area contributed by atoms with Crippen molar-refractivity contribution in [2.75, 3.05) is 19.8 Å². The Balaban J connectivity index is 2.12. The molecule has 1 amide bonds. The lowest BCUT2D eigenvalue weighted by atomic mass is 10.0. The average Bonchev–Trinajstić information content (AvgIpc) is 2.95. The van der Waals surface area contributed by atoms with Crippen molar-refractivity contribution in [1.82, 2.24) is 4.90 Å². The molecule has 0 spiro atoms. The van der Waals surface area contributed by atoms with E-state index in [4.69, 9.17) is 9.47 Å². The number of carbonyl (C=O) groups is 1. The molecule has 0 aromatic heterocycles. The van der Waals surface area contributed by atoms with E-state index in [0.717, 1.165) is 5.56 Å². The van der Waals surface area contributed by atoms with E-state index in [-0.39, 0.29) is 12.2 Å². The molecule has 0 atom stereocenters. The Morgan fingerprint density at radius 1 is 1.40 bits per heavy atom. The van der Waals surface area contributed by atoms with Gasteiger partial charge in [0, 0.05) is 6.54 Å². The maximum absolute atomic E-state index is 12.0. The molecule has 0 bridgehead atoms. The highest BCUT2D eigenvalue weighted by Crippen LogP contribution is 2.16. The first-order chi connectivity index (χ1) is 9.61. The number of ether oxygens (including phenoxy) is 2. The summed E-state index contributed by atoms with van der Waals surface area (Å²) in [5.41, 5.74) is 3.57. The van der Waals surface area contributed by atoms with Crippen molar-refractivity contribution >= 4 is 5.91 Å². The van der Waals surface area contributed by atoms with Gasteiger partial charge < -0.3 is 14.4 Å². The van der Waals surface area contributed by atoms with E-state index in [0.29, 0.717) is 26.3 Å². The topological polar surface area (TPSA) is 38.8 Å². The normalized spacial score (nSPS) is 15.3. The lowest BCUT2D eigenvalue weighted by Gasteiger charge is -2.25. The highest BCUT2D eigenvalue weighted by molar-refractivity contribution is 5.87. The zero-order chi connectivity index (χ0) is 14.5. The first-order valence-electron chi connectivity index (χ1n) is 6.81. The molecular weight excluding hydrogens is 254 g/mol. The van der Waals surface area contributed by atoms with E-state index in [1.807, 2.05) is 12.1 Å². The molecule has 1 aliphatic rings. The Morgan fingerprint density at radius 3 is 2.75 bits per heavy atom. The van der Waals surface area contributed by atoms with Crippen LogP contribution in [0.15, 0.2) is 30.9 Å². The van der Waals surface area contributed by atoms with Crippen molar-refractivity contribution in [1.29, 1.82) is 0 Å². The predicted molar refractivity (Wildman–Crippen MR) is 77.2 cm³/mol. The van der Waals surface area contributed by atoms with Gasteiger partial charge in [0.25, 0.3) is 0 Å². The molecule has 0 radical (unpaired) electrons. The molecule has 0 N–H and O–H groups in total. The second-order valence-corrected chi connectivity index (χ2v) is 4.95. The van der Waals surface area contributed by atoms with Gasteiger partial charge in [0.15, 0.2) is 6.29 Å². The van der Waals surface area contributed by atoms with Gasteiger partial charge in [0.1, 0.15) is 0 Å². The Kier molecular flexibility index (Phi) is 4.93. The number of hydrogen-bond acceptors (Lipinski definition) is 3. The van der Waals surface area contributed by atoms with Crippen LogP contribution in [0.5, 0.6) is 0 Å². The van der Waals surface area contributed by atoms with Crippen LogP contribution in [0.1, 0.15) is 16.7 Å². The fraction of sp³-hybridized carbons (Fsp3) is 0.438. The monoisotopic (exact) mass is 275 g/mol. The Hall–Kier alpha value is -1.65. The number of hydrogen-bond donors (Lipinski definition) is 0. The van der Waals surface area contributed by atoms with Gasteiger partial charge in [-0.25, -0.2) is 0 Å². The van der Waals surface area contributed by atoms with E-state index >= 15 is 0 Å². The van der Waals surface area contributed by atoms with Crippen molar-refractivity contribution in [2.24, 2.45) is 0 Å². The number of aryl methyl sites for hydroxylation is 1. The smallest absolute Gasteiger partial charge is 0.246 e. The zero-order valence-corrected chi connectivity index (χ0v) is 12.1. The summed E-state index contributed by atoms with van der Waals surface area (Å²) in [5, 5.41) is 0. The van der Waals surface area contributed by atoms with Crippen LogP contribution in [0.25, 0.3) is 0 Å². The molecular formula is C16H21NO3. The zero-order valence-electron chi connectivity index (χ0n) is 12.1. The second-order valence-electron chi connectivity index (χ2n) is 4.95. The largest absolute Gasteiger partial charge is 0.348 e. The molecule has 20 heavy (non-hydrogen) atoms. The van der Waals surface area contributed by atoms with Gasteiger partial charge in [0.05, 0.1) is 19.8 Å². The van der Waals surface area contributed by atoms with Crippen molar-refractivity contribution in [3.63, 3.8) is 0 Å². The van der Waals surface area contributed by atoms with Gasteiger partial charge in [-0.05, 0) is 36.6 Å². The molecule has 1 aromatic rings. The van der Waals surface area contributed by atoms with Gasteiger partial charge in [-0.15, -0.1) is 0 Å². The quantitative estimate of drug-likeness (QED) is 0.773. The molecule has 0 unspecified atom stereocenters. The van der Waals surface area contributed by atoms with Gasteiger partial charge in [-0.2, -0.15) is 0 Å². The maximum Gasteiger partial charge on any atom is 0.246 e. The molecule has 4 nitrogen and oxygen atoms in total. The molecule has 2 rings (SSSR count). The first kappa shape index (κ1) is 14.8. The molecule has 1 fully saturated rings. The van der Waals surface area contributed by atoms with Crippen LogP contribution in [0.3, 0.4) is 0 Å². The van der Waals surface area contributed by atoms with Crippen LogP contribution in [-0.4, -0.2) is 36.9 Å². The minimum Gasteiger partial charge on any atom is -0.348 e. The molecule has 108 valence electrons. The van der Waals surface area contributed by atoms with Crippen molar-refractivity contribution in [3.05, 3.63) is 47.5 Å². The molecule has 0 saturated carbocycles. The van der Waals surface area contributed by atoms with E-state index in [2.05, 4.69) is 26.5 Å². The van der Waals surface area contributed by atoms with Gasteiger partial charge in [-0.3, -0.25) is 4.79 Å². The first-order valence-corrected chi connectivity index (χ1v) is 6.81. The second kappa shape index (κ2) is 6.68. The molecule has 1 heterocycles. The molecule has 4 heteroatoms. The van der Waals surface area contributed by atoms with Crippen molar-refractivity contribution in [2.45, 2.75) is 26.7 Å². The van der Waals surface area contributed by atoms with Gasteiger partial charge >= 0.3 is 0 Å². The molecule has 1 aromatic carbocycles. The standard InChI is InChI=1S/C16H21NO3/c1-4-15(18)17(11-16-19-8-9-20-16)10-14-7-5-6-12(2)13(14)3/h4-7,16H,1,8-11H2,2-3H3. The summed E-state index contributed by atoms with van der Waals surface area (Å²) < 4.78 is 10.8. The third-order valence-corrected chi connectivity index (χ3v) is 3.62. The summed E-state index contributed by atoms with van der Waals surface area (Å²) in [6, 6.07) is 6.13. The predicted octanol–water partition coefficient (Wildman–Crippen LogP) is 2.19. The summed E-state index contributed by atoms with van der Waals surface area (Å²) in [4.78, 5) is 13.7. The van der Waals surface area contributed by atoms with Crippen molar-refractivity contribution < 1.29 is 14.3 Å². The summed E-state index contributed by atoms with van der Waals surface area (Å²) in [6.07, 6.45) is 1.00. The highest BCUT2D eigenvalue weighted by Gasteiger charge is 2.22. The number of nitrogens with zero attached hydrogens (tertiary/aromatic N) is 1. The van der Waals surface area contributed by atoms with E-state index in [1.165, 1.54) is 17.2 Å². The number of carbonyl (C=O) groups excluding carboxylic acids is 1. The van der Waals surface area contributed by atoms with Crippen LogP contribution >= 0.6 is 0 Å². The maximum atomic E-state index is 12.0. The average molecular weight is 275 g/mol. The van der Waals surface area contributed by atoms with Gasteiger partial charge in [0.2, 0.25) is 5.91 Å². The van der Waals surface area contributed by atoms with Gasteiger partial charge in [-0.1, -0.05) is 24.8 Å². The number of rotatable bonds is 5. The minimum atomic E-state index is -0.330.